The largest absolute Gasteiger partial charge is 0.481 e. The highest BCUT2D eigenvalue weighted by molar-refractivity contribution is 8.08. The Morgan fingerprint density at radius 3 is 2.06 bits per heavy atom. The Kier molecular flexibility index (Phi) is 22.6. The molecule has 65 heavy (non-hydrogen) atoms. The maximum atomic E-state index is 13.4. The Labute approximate surface area is 385 Å². The van der Waals surface area contributed by atoms with Crippen molar-refractivity contribution in [2.45, 2.75) is 186 Å². The highest BCUT2D eigenvalue weighted by Crippen LogP contribution is 2.62. The smallest absolute Gasteiger partial charge is 0.462 e. The van der Waals surface area contributed by atoms with Gasteiger partial charge in [0.25, 0.3) is 0 Å². The minimum atomic E-state index is -5.47. The van der Waals surface area contributed by atoms with Crippen LogP contribution in [0.5, 0.6) is 0 Å². The Hall–Kier alpha value is -2.72. The van der Waals surface area contributed by atoms with E-state index in [9.17, 15) is 38.9 Å². The predicted octanol–water partition coefficient (Wildman–Crippen LogP) is 6.06. The molecular weight excluding hydrogens is 912 g/mol. The lowest BCUT2D eigenvalue weighted by Gasteiger charge is -2.45. The molecule has 0 bridgehead atoms. The van der Waals surface area contributed by atoms with E-state index in [-0.39, 0.29) is 17.9 Å². The van der Waals surface area contributed by atoms with Crippen molar-refractivity contribution in [1.29, 1.82) is 0 Å². The third-order valence-corrected chi connectivity index (χ3v) is 15.2. The third-order valence-electron chi connectivity index (χ3n) is 11.6. The molecule has 0 amide bonds. The second-order valence-corrected chi connectivity index (χ2v) is 21.2. The number of phosphoric ester groups is 1. The normalized spacial score (nSPS) is 26.9. The molecule has 2 saturated heterocycles. The lowest BCUT2D eigenvalue weighted by atomic mass is 9.81. The average molecular weight is 982 g/mol. The first-order valence-corrected chi connectivity index (χ1v) is 26.7. The van der Waals surface area contributed by atoms with Crippen LogP contribution in [-0.4, -0.2) is 114 Å². The number of aliphatic hydroxyl groups is 2. The van der Waals surface area contributed by atoms with Gasteiger partial charge in [0, 0.05) is 26.2 Å². The zero-order valence-corrected chi connectivity index (χ0v) is 40.6. The molecule has 0 saturated carbocycles. The van der Waals surface area contributed by atoms with Crippen LogP contribution in [0.15, 0.2) is 12.5 Å². The van der Waals surface area contributed by atoms with Gasteiger partial charge in [0.15, 0.2) is 24.1 Å². The number of nitrogens with zero attached hydrogens (tertiary/aromatic N) is 4. The Balaban J connectivity index is 1.27. The summed E-state index contributed by atoms with van der Waals surface area (Å²) in [4.78, 5) is 66.9. The molecule has 370 valence electrons. The summed E-state index contributed by atoms with van der Waals surface area (Å²) in [5.74, 6) is -3.15. The number of rotatable bonds is 29. The molecule has 5 unspecified atom stereocenters. The SMILES string of the molecule is CCCCCCCCCCCCCCCCCC(=O)OC[C@@H](OC(C)=O)C1O[C@@H](OP(=O)(O)OP(O)(=S)OC[C@H]2O[C@@H](n3ncc4c(N)ncnc43)C(O)[C@H]2O)[C@H](OC(C)=O)C(C)[C@@H]1C. The molecule has 21 nitrogen and oxygen atoms in total. The van der Waals surface area contributed by atoms with Gasteiger partial charge in [-0.1, -0.05) is 111 Å². The maximum absolute atomic E-state index is 13.4. The maximum Gasteiger partial charge on any atom is 0.481 e. The molecule has 12 atom stereocenters. The topological polar surface area (TPSA) is 293 Å². The summed E-state index contributed by atoms with van der Waals surface area (Å²) >= 11 is 4.98. The van der Waals surface area contributed by atoms with E-state index >= 15 is 0 Å². The fraction of sp³-hybridized carbons (Fsp3) is 0.805. The number of carbonyl (C=O) groups excluding carboxylic acids is 3. The van der Waals surface area contributed by atoms with Crippen molar-refractivity contribution < 1.29 is 76.0 Å². The number of ether oxygens (including phenoxy) is 5. The number of nitrogens with two attached hydrogens (primary N) is 1. The van der Waals surface area contributed by atoms with Gasteiger partial charge in [0.2, 0.25) is 6.29 Å². The summed E-state index contributed by atoms with van der Waals surface area (Å²) in [6, 6.07) is 0. The number of fused-ring (bicyclic) bond motifs is 1. The molecule has 2 aliphatic heterocycles. The molecule has 6 N–H and O–H groups in total. The van der Waals surface area contributed by atoms with E-state index in [2.05, 4.69) is 22.0 Å². The van der Waals surface area contributed by atoms with Crippen molar-refractivity contribution in [3.8, 4) is 0 Å². The van der Waals surface area contributed by atoms with Gasteiger partial charge in [-0.2, -0.15) is 5.10 Å². The minimum absolute atomic E-state index is 0.117. The molecule has 0 radical (unpaired) electrons. The van der Waals surface area contributed by atoms with Crippen molar-refractivity contribution in [2.75, 3.05) is 18.9 Å². The number of aromatic nitrogens is 4. The van der Waals surface area contributed by atoms with Crippen LogP contribution < -0.4 is 5.73 Å². The monoisotopic (exact) mass is 981 g/mol. The van der Waals surface area contributed by atoms with Gasteiger partial charge in [-0.25, -0.2) is 23.5 Å². The highest BCUT2D eigenvalue weighted by Gasteiger charge is 2.51. The number of esters is 3. The molecule has 0 spiro atoms. The van der Waals surface area contributed by atoms with E-state index < -0.39 is 107 Å². The molecule has 2 aromatic rings. The van der Waals surface area contributed by atoms with Gasteiger partial charge < -0.3 is 53.9 Å². The summed E-state index contributed by atoms with van der Waals surface area (Å²) in [6.45, 7) is 1.97. The first-order chi connectivity index (χ1) is 30.8. The van der Waals surface area contributed by atoms with Gasteiger partial charge in [-0.05, 0) is 24.1 Å². The second kappa shape index (κ2) is 26.7. The Bertz CT molecular complexity index is 1910. The molecule has 0 aliphatic carbocycles. The van der Waals surface area contributed by atoms with Gasteiger partial charge in [-0.15, -0.1) is 0 Å². The van der Waals surface area contributed by atoms with Crippen molar-refractivity contribution in [2.24, 2.45) is 11.8 Å². The van der Waals surface area contributed by atoms with Crippen LogP contribution in [-0.2, 0) is 67.8 Å². The highest BCUT2D eigenvalue weighted by atomic mass is 32.5. The van der Waals surface area contributed by atoms with Gasteiger partial charge in [0.1, 0.15) is 43.2 Å². The van der Waals surface area contributed by atoms with Crippen molar-refractivity contribution in [3.05, 3.63) is 12.5 Å². The zero-order valence-electron chi connectivity index (χ0n) is 38.0. The van der Waals surface area contributed by atoms with Crippen molar-refractivity contribution in [1.82, 2.24) is 19.7 Å². The van der Waals surface area contributed by atoms with E-state index in [0.717, 1.165) is 33.1 Å². The summed E-state index contributed by atoms with van der Waals surface area (Å²) in [7, 11) is -5.47. The van der Waals surface area contributed by atoms with Crippen LogP contribution in [0.25, 0.3) is 11.0 Å². The molecule has 2 aromatic heterocycles. The molecule has 24 heteroatoms. The number of hydrogen-bond donors (Lipinski definition) is 5. The van der Waals surface area contributed by atoms with Crippen LogP contribution in [0.3, 0.4) is 0 Å². The van der Waals surface area contributed by atoms with E-state index in [1.165, 1.54) is 87.8 Å². The van der Waals surface area contributed by atoms with Crippen LogP contribution in [0.1, 0.15) is 144 Å². The molecule has 2 aliphatic rings. The molecule has 4 rings (SSSR count). The van der Waals surface area contributed by atoms with E-state index in [1.54, 1.807) is 13.8 Å². The number of carbonyl (C=O) groups is 3. The van der Waals surface area contributed by atoms with Gasteiger partial charge in [0.05, 0.1) is 18.2 Å². The molecular formula is C41H69N5O16P2S. The number of anilines is 1. The van der Waals surface area contributed by atoms with Crippen LogP contribution in [0.2, 0.25) is 0 Å². The standard InChI is InChI=1S/C41H69N5O16P2S/c1-6-7-8-9-10-11-12-13-14-15-16-17-18-19-20-21-33(49)55-23-32(57-28(4)47)36-26(2)27(3)37(58-29(5)48)41(60-36)61-63(52,53)62-64(54,65)56-24-31-34(50)35(51)40(59-31)46-39-30(22-45-46)38(42)43-25-44-39/h22,25-27,31-32,34-37,40-41,50-51H,6-21,23-24H2,1-5H3,(H,52,53)(H,54,65)(H2,42,43,44)/t26-,27?,31+,32+,34-,35?,36?,37+,40+,41-,64?/m0/s1. The third kappa shape index (κ3) is 17.4. The number of unbranched alkanes of at least 4 members (excludes halogenated alkanes) is 14. The number of aliphatic hydroxyl groups excluding tert-OH is 2. The fourth-order valence-electron chi connectivity index (χ4n) is 7.97. The quantitative estimate of drug-likeness (QED) is 0.0268. The fourth-order valence-corrected chi connectivity index (χ4v) is 11.1. The Morgan fingerprint density at radius 2 is 1.48 bits per heavy atom. The summed E-state index contributed by atoms with van der Waals surface area (Å²) < 4.78 is 58.3. The van der Waals surface area contributed by atoms with Gasteiger partial charge in [-0.3, -0.25) is 18.9 Å². The minimum Gasteiger partial charge on any atom is -0.462 e. The van der Waals surface area contributed by atoms with Gasteiger partial charge >= 0.3 is 32.4 Å². The first-order valence-electron chi connectivity index (χ1n) is 22.6. The summed E-state index contributed by atoms with van der Waals surface area (Å²) in [5, 5.41) is 26.0. The predicted molar refractivity (Wildman–Crippen MR) is 239 cm³/mol. The first kappa shape index (κ1) is 54.9. The molecule has 2 fully saturated rings. The zero-order chi connectivity index (χ0) is 47.7. The van der Waals surface area contributed by atoms with Crippen molar-refractivity contribution >= 4 is 61.1 Å². The molecule has 4 heterocycles. The lowest BCUT2D eigenvalue weighted by molar-refractivity contribution is -0.270. The van der Waals surface area contributed by atoms with E-state index in [4.69, 9.17) is 54.6 Å². The number of nitrogen functional groups attached to an aromatic ring is 1. The Morgan fingerprint density at radius 1 is 0.877 bits per heavy atom. The van der Waals surface area contributed by atoms with Crippen LogP contribution in [0, 0.1) is 11.8 Å². The van der Waals surface area contributed by atoms with Crippen molar-refractivity contribution in [3.63, 3.8) is 0 Å². The summed E-state index contributed by atoms with van der Waals surface area (Å²) in [6.07, 6.45) is 9.05. The molecule has 0 aromatic carbocycles. The van der Waals surface area contributed by atoms with Crippen LogP contribution >= 0.6 is 14.5 Å². The number of hydrogen-bond acceptors (Lipinski definition) is 19. The second-order valence-electron chi connectivity index (χ2n) is 16.8. The number of phosphoric acid groups is 1. The summed E-state index contributed by atoms with van der Waals surface area (Å²) in [5.41, 5.74) is 6.06. The average Bonchev–Trinajstić information content (AvgIpc) is 3.79. The lowest BCUT2D eigenvalue weighted by Crippen LogP contribution is -2.56. The van der Waals surface area contributed by atoms with Crippen LogP contribution in [0.4, 0.5) is 5.82 Å². The van der Waals surface area contributed by atoms with E-state index in [1.807, 2.05) is 0 Å². The van der Waals surface area contributed by atoms with E-state index in [0.29, 0.717) is 11.8 Å².